The van der Waals surface area contributed by atoms with Crippen molar-refractivity contribution >= 4 is 36.1 Å². The first-order valence-corrected chi connectivity index (χ1v) is 11.4. The van der Waals surface area contributed by atoms with Gasteiger partial charge in [-0.15, -0.1) is 0 Å². The van der Waals surface area contributed by atoms with Gasteiger partial charge < -0.3 is 0 Å². The SMILES string of the molecule is [B-][P+](c1ccccc1)(c1ccccc1-c1cccc2ccccc12)C(C)C. The second-order valence-corrected chi connectivity index (χ2v) is 10.8. The van der Waals surface area contributed by atoms with E-state index in [4.69, 9.17) is 7.57 Å². The van der Waals surface area contributed by atoms with Crippen molar-refractivity contribution in [2.24, 2.45) is 0 Å². The first kappa shape index (κ1) is 18.0. The fourth-order valence-corrected chi connectivity index (χ4v) is 6.90. The van der Waals surface area contributed by atoms with E-state index in [1.165, 1.54) is 32.5 Å². The molecule has 0 bridgehead atoms. The normalized spacial score (nSPS) is 13.6. The Bertz CT molecular complexity index is 1070. The van der Waals surface area contributed by atoms with E-state index in [1.807, 2.05) is 0 Å². The van der Waals surface area contributed by atoms with Gasteiger partial charge >= 0.3 is 0 Å². The molecule has 0 aliphatic rings. The van der Waals surface area contributed by atoms with Gasteiger partial charge in [0.05, 0.1) is 5.30 Å². The van der Waals surface area contributed by atoms with Crippen molar-refractivity contribution in [3.8, 4) is 11.1 Å². The lowest BCUT2D eigenvalue weighted by atomic mass is 9.98. The molecular weight excluding hydrogens is 342 g/mol. The molecule has 0 aromatic heterocycles. The van der Waals surface area contributed by atoms with Crippen LogP contribution in [0.25, 0.3) is 21.9 Å². The zero-order valence-electron chi connectivity index (χ0n) is 15.8. The van der Waals surface area contributed by atoms with Crippen LogP contribution < -0.4 is 10.6 Å². The van der Waals surface area contributed by atoms with Crippen LogP contribution in [0, 0.1) is 0 Å². The van der Waals surface area contributed by atoms with Crippen molar-refractivity contribution in [1.82, 2.24) is 0 Å². The van der Waals surface area contributed by atoms with Gasteiger partial charge in [0.15, 0.2) is 0 Å². The van der Waals surface area contributed by atoms with Crippen LogP contribution in [0.4, 0.5) is 0 Å². The summed E-state index contributed by atoms with van der Waals surface area (Å²) in [7, 11) is 5.25. The summed E-state index contributed by atoms with van der Waals surface area (Å²) in [6.07, 6.45) is 0. The Morgan fingerprint density at radius 1 is 0.630 bits per heavy atom. The van der Waals surface area contributed by atoms with Crippen molar-refractivity contribution in [2.45, 2.75) is 19.5 Å². The second-order valence-electron chi connectivity index (χ2n) is 7.25. The van der Waals surface area contributed by atoms with E-state index in [9.17, 15) is 0 Å². The Balaban J connectivity index is 2.01. The minimum absolute atomic E-state index is 0.357. The molecule has 2 heteroatoms. The molecular formula is C25H23BP. The zero-order valence-corrected chi connectivity index (χ0v) is 16.7. The number of benzene rings is 4. The van der Waals surface area contributed by atoms with Gasteiger partial charge in [0, 0.05) is 16.5 Å². The number of hydrogen-bond acceptors (Lipinski definition) is 0. The van der Waals surface area contributed by atoms with E-state index in [0.717, 1.165) is 0 Å². The summed E-state index contributed by atoms with van der Waals surface area (Å²) >= 11 is 0. The van der Waals surface area contributed by atoms with Gasteiger partial charge in [-0.3, -0.25) is 7.57 Å². The summed E-state index contributed by atoms with van der Waals surface area (Å²) in [6.45, 7) is 4.50. The van der Waals surface area contributed by atoms with E-state index in [2.05, 4.69) is 111 Å². The van der Waals surface area contributed by atoms with Crippen molar-refractivity contribution in [2.75, 3.05) is 0 Å². The molecule has 0 nitrogen and oxygen atoms in total. The van der Waals surface area contributed by atoms with Crippen molar-refractivity contribution in [3.05, 3.63) is 97.1 Å². The monoisotopic (exact) mass is 365 g/mol. The average molecular weight is 365 g/mol. The van der Waals surface area contributed by atoms with Crippen molar-refractivity contribution in [3.63, 3.8) is 0 Å². The van der Waals surface area contributed by atoms with Gasteiger partial charge in [-0.1, -0.05) is 78.9 Å². The molecule has 4 aromatic rings. The molecule has 0 heterocycles. The van der Waals surface area contributed by atoms with E-state index in [-0.39, 0.29) is 0 Å². The van der Waals surface area contributed by atoms with E-state index < -0.39 is 7.14 Å². The summed E-state index contributed by atoms with van der Waals surface area (Å²) in [6, 6.07) is 34.4. The summed E-state index contributed by atoms with van der Waals surface area (Å²) in [5, 5.41) is 5.07. The van der Waals surface area contributed by atoms with Crippen molar-refractivity contribution in [1.29, 1.82) is 0 Å². The Labute approximate surface area is 164 Å². The maximum Gasteiger partial charge on any atom is 0.0547 e. The van der Waals surface area contributed by atoms with E-state index in [0.29, 0.717) is 5.66 Å². The smallest absolute Gasteiger partial charge is 0.0547 e. The van der Waals surface area contributed by atoms with Gasteiger partial charge in [-0.05, 0) is 48.4 Å². The topological polar surface area (TPSA) is 0 Å². The van der Waals surface area contributed by atoms with E-state index in [1.54, 1.807) is 0 Å². The fourth-order valence-electron chi connectivity index (χ4n) is 3.87. The van der Waals surface area contributed by atoms with Crippen LogP contribution >= 0.6 is 7.14 Å². The Morgan fingerprint density at radius 2 is 1.22 bits per heavy atom. The third-order valence-electron chi connectivity index (χ3n) is 5.38. The summed E-state index contributed by atoms with van der Waals surface area (Å²) in [5.41, 5.74) is 2.87. The zero-order chi connectivity index (χ0) is 18.9. The Kier molecular flexibility index (Phi) is 4.89. The van der Waals surface area contributed by atoms with Crippen LogP contribution in [0.15, 0.2) is 97.1 Å². The number of hydrogen-bond donors (Lipinski definition) is 0. The third kappa shape index (κ3) is 3.11. The molecule has 1 atom stereocenters. The van der Waals surface area contributed by atoms with Crippen LogP contribution in [-0.4, -0.2) is 13.2 Å². The minimum atomic E-state index is -2.03. The van der Waals surface area contributed by atoms with Gasteiger partial charge in [0.2, 0.25) is 0 Å². The van der Waals surface area contributed by atoms with Gasteiger partial charge in [0.25, 0.3) is 0 Å². The third-order valence-corrected chi connectivity index (χ3v) is 9.35. The molecule has 0 N–H and O–H groups in total. The second kappa shape index (κ2) is 7.33. The number of rotatable bonds is 4. The highest BCUT2D eigenvalue weighted by Gasteiger charge is 2.31. The Morgan fingerprint density at radius 3 is 2.00 bits per heavy atom. The molecule has 0 saturated carbocycles. The first-order chi connectivity index (χ1) is 13.1. The van der Waals surface area contributed by atoms with Crippen molar-refractivity contribution < 1.29 is 0 Å². The average Bonchev–Trinajstić information content (AvgIpc) is 2.73. The predicted octanol–water partition coefficient (Wildman–Crippen LogP) is 5.97. The maximum absolute atomic E-state index is 7.28. The van der Waals surface area contributed by atoms with Gasteiger partial charge in [-0.25, -0.2) is 0 Å². The molecule has 27 heavy (non-hydrogen) atoms. The molecule has 0 aliphatic heterocycles. The van der Waals surface area contributed by atoms with Crippen LogP contribution in [0.1, 0.15) is 13.8 Å². The molecule has 0 amide bonds. The molecule has 0 fully saturated rings. The molecule has 4 aromatic carbocycles. The largest absolute Gasteiger partial charge is 0.291 e. The molecule has 1 unspecified atom stereocenters. The summed E-state index contributed by atoms with van der Waals surface area (Å²) < 4.78 is 0. The molecule has 3 radical (unpaired) electrons. The molecule has 0 saturated heterocycles. The summed E-state index contributed by atoms with van der Waals surface area (Å²) in [5.74, 6) is 0. The standard InChI is InChI=1S/C25H23BP/c1-19(2)27(26,21-13-4-3-5-14-21)25-18-9-8-16-24(25)23-17-10-12-20-11-6-7-15-22(20)23/h3-19H,1-2H3. The lowest BCUT2D eigenvalue weighted by Crippen LogP contribution is -2.30. The van der Waals surface area contributed by atoms with Gasteiger partial charge in [-0.2, -0.15) is 7.14 Å². The lowest BCUT2D eigenvalue weighted by Gasteiger charge is -2.42. The predicted molar refractivity (Wildman–Crippen MR) is 123 cm³/mol. The highest BCUT2D eigenvalue weighted by atomic mass is 31.2. The van der Waals surface area contributed by atoms with Crippen LogP contribution in [0.5, 0.6) is 0 Å². The molecule has 0 spiro atoms. The van der Waals surface area contributed by atoms with Crippen LogP contribution in [-0.2, 0) is 0 Å². The fraction of sp³-hybridized carbons (Fsp3) is 0.120. The highest BCUT2D eigenvalue weighted by molar-refractivity contribution is 8.09. The minimum Gasteiger partial charge on any atom is -0.291 e. The van der Waals surface area contributed by atoms with E-state index >= 15 is 0 Å². The maximum atomic E-state index is 7.28. The molecule has 131 valence electrons. The Hall–Kier alpha value is -2.37. The summed E-state index contributed by atoms with van der Waals surface area (Å²) in [4.78, 5) is 0. The molecule has 4 rings (SSSR count). The quantitative estimate of drug-likeness (QED) is 0.309. The van der Waals surface area contributed by atoms with Crippen LogP contribution in [0.2, 0.25) is 0 Å². The van der Waals surface area contributed by atoms with Crippen LogP contribution in [0.3, 0.4) is 0 Å². The van der Waals surface area contributed by atoms with Gasteiger partial charge in [0.1, 0.15) is 0 Å². The lowest BCUT2D eigenvalue weighted by molar-refractivity contribution is 1.10. The number of fused-ring (bicyclic) bond motifs is 1. The highest BCUT2D eigenvalue weighted by Crippen LogP contribution is 2.57. The first-order valence-electron chi connectivity index (χ1n) is 9.43. The molecule has 0 aliphatic carbocycles.